The Labute approximate surface area is 229 Å². The third-order valence-corrected chi connectivity index (χ3v) is 8.00. The number of carbonyl (C=O) groups excluding carboxylic acids is 2. The first-order chi connectivity index (χ1) is 18.5. The van der Waals surface area contributed by atoms with Crippen LogP contribution in [-0.4, -0.2) is 41.4 Å². The van der Waals surface area contributed by atoms with Crippen LogP contribution < -0.4 is 9.64 Å². The number of halogens is 3. The third-order valence-electron chi connectivity index (χ3n) is 8.00. The van der Waals surface area contributed by atoms with Gasteiger partial charge in [-0.05, 0) is 57.7 Å². The summed E-state index contributed by atoms with van der Waals surface area (Å²) in [6.07, 6.45) is 1.26. The average Bonchev–Trinajstić information content (AvgIpc) is 2.91. The molecule has 8 heteroatoms. The molecular weight excluding hydrogens is 505 g/mol. The molecule has 1 heterocycles. The Kier molecular flexibility index (Phi) is 8.62. The zero-order valence-corrected chi connectivity index (χ0v) is 23.3. The number of benzene rings is 2. The van der Waals surface area contributed by atoms with Gasteiger partial charge in [0.05, 0.1) is 16.8 Å². The van der Waals surface area contributed by atoms with Gasteiger partial charge in [-0.3, -0.25) is 9.59 Å². The number of anilines is 1. The van der Waals surface area contributed by atoms with Gasteiger partial charge in [-0.1, -0.05) is 62.9 Å². The minimum Gasteiger partial charge on any atom is -0.476 e. The average molecular weight is 545 g/mol. The van der Waals surface area contributed by atoms with E-state index in [-0.39, 0.29) is 35.8 Å². The van der Waals surface area contributed by atoms with E-state index in [9.17, 15) is 22.8 Å². The Morgan fingerprint density at radius 3 is 2.41 bits per heavy atom. The molecule has 1 fully saturated rings. The van der Waals surface area contributed by atoms with E-state index in [1.54, 1.807) is 18.7 Å². The van der Waals surface area contributed by atoms with E-state index in [1.807, 2.05) is 44.2 Å². The second-order valence-electron chi connectivity index (χ2n) is 11.1. The van der Waals surface area contributed by atoms with E-state index in [4.69, 9.17) is 4.74 Å². The van der Waals surface area contributed by atoms with Crippen molar-refractivity contribution in [2.24, 2.45) is 0 Å². The van der Waals surface area contributed by atoms with E-state index < -0.39 is 28.8 Å². The van der Waals surface area contributed by atoms with E-state index in [1.165, 1.54) is 11.0 Å². The normalized spacial score (nSPS) is 20.8. The van der Waals surface area contributed by atoms with Crippen LogP contribution in [0, 0.1) is 0 Å². The van der Waals surface area contributed by atoms with Crippen LogP contribution >= 0.6 is 0 Å². The summed E-state index contributed by atoms with van der Waals surface area (Å²) in [4.78, 5) is 30.4. The lowest BCUT2D eigenvalue weighted by atomic mass is 9.79. The van der Waals surface area contributed by atoms with Gasteiger partial charge < -0.3 is 14.5 Å². The lowest BCUT2D eigenvalue weighted by molar-refractivity contribution is -0.138. The van der Waals surface area contributed by atoms with Crippen molar-refractivity contribution in [1.82, 2.24) is 4.90 Å². The van der Waals surface area contributed by atoms with Gasteiger partial charge in [0.15, 0.2) is 5.60 Å². The summed E-state index contributed by atoms with van der Waals surface area (Å²) in [6.45, 7) is 7.60. The van der Waals surface area contributed by atoms with Gasteiger partial charge in [0.1, 0.15) is 5.75 Å². The zero-order chi connectivity index (χ0) is 28.4. The molecule has 0 aromatic heterocycles. The summed E-state index contributed by atoms with van der Waals surface area (Å²) in [5.41, 5.74) is -1.45. The number of likely N-dealkylation sites (N-methyl/N-ethyl adjacent to an activating group) is 1. The number of nitrogens with zero attached hydrogens (tertiary/aromatic N) is 2. The molecule has 39 heavy (non-hydrogen) atoms. The second-order valence-corrected chi connectivity index (χ2v) is 11.1. The number of rotatable bonds is 8. The van der Waals surface area contributed by atoms with E-state index in [0.717, 1.165) is 50.2 Å². The predicted molar refractivity (Wildman–Crippen MR) is 146 cm³/mol. The van der Waals surface area contributed by atoms with Crippen molar-refractivity contribution in [3.05, 3.63) is 59.2 Å². The van der Waals surface area contributed by atoms with Crippen molar-refractivity contribution in [2.75, 3.05) is 18.0 Å². The molecule has 0 N–H and O–H groups in total. The van der Waals surface area contributed by atoms with Gasteiger partial charge in [-0.2, -0.15) is 13.2 Å². The SMILES string of the molecule is CCCCCN1C(=O)C(C)(C)Oc2cc(C(F)(F)F)c(C(=O)N(CC)[C@@H]3CCCC[C@H]3c3ccccc3)cc21. The summed E-state index contributed by atoms with van der Waals surface area (Å²) in [7, 11) is 0. The molecule has 2 aromatic rings. The Morgan fingerprint density at radius 2 is 1.77 bits per heavy atom. The molecule has 2 atom stereocenters. The predicted octanol–water partition coefficient (Wildman–Crippen LogP) is 7.59. The minimum absolute atomic E-state index is 0.0251. The van der Waals surface area contributed by atoms with Gasteiger partial charge in [-0.15, -0.1) is 0 Å². The molecule has 2 aromatic carbocycles. The van der Waals surface area contributed by atoms with Crippen LogP contribution in [0.2, 0.25) is 0 Å². The molecule has 1 aliphatic heterocycles. The molecule has 2 aliphatic rings. The minimum atomic E-state index is -4.77. The first kappa shape index (κ1) is 29.0. The molecule has 212 valence electrons. The van der Waals surface area contributed by atoms with Crippen LogP contribution in [0.3, 0.4) is 0 Å². The summed E-state index contributed by atoms with van der Waals surface area (Å²) in [5.74, 6) is -0.964. The van der Waals surface area contributed by atoms with E-state index in [2.05, 4.69) is 0 Å². The van der Waals surface area contributed by atoms with Crippen LogP contribution in [0.25, 0.3) is 0 Å². The molecule has 0 unspecified atom stereocenters. The molecule has 0 radical (unpaired) electrons. The van der Waals surface area contributed by atoms with Gasteiger partial charge in [-0.25, -0.2) is 0 Å². The maximum atomic E-state index is 14.4. The summed E-state index contributed by atoms with van der Waals surface area (Å²) < 4.78 is 49.1. The largest absolute Gasteiger partial charge is 0.476 e. The fourth-order valence-corrected chi connectivity index (χ4v) is 6.02. The van der Waals surface area contributed by atoms with Gasteiger partial charge in [0.2, 0.25) is 0 Å². The quantitative estimate of drug-likeness (QED) is 0.322. The van der Waals surface area contributed by atoms with Crippen LogP contribution in [0.5, 0.6) is 5.75 Å². The highest BCUT2D eigenvalue weighted by molar-refractivity contribution is 6.05. The Hall–Kier alpha value is -3.03. The van der Waals surface area contributed by atoms with Crippen LogP contribution in [0.15, 0.2) is 42.5 Å². The topological polar surface area (TPSA) is 49.9 Å². The first-order valence-corrected chi connectivity index (χ1v) is 14.1. The van der Waals surface area contributed by atoms with Gasteiger partial charge in [0, 0.05) is 25.0 Å². The van der Waals surface area contributed by atoms with E-state index >= 15 is 0 Å². The van der Waals surface area contributed by atoms with Crippen molar-refractivity contribution in [2.45, 2.75) is 96.4 Å². The molecule has 1 saturated carbocycles. The number of unbranched alkanes of at least 4 members (excludes halogenated alkanes) is 2. The standard InChI is InChI=1S/C31H39F3N2O3/c1-5-7-13-18-36-26-19-23(24(31(32,33)34)20-27(26)39-30(3,4)29(36)38)28(37)35(6-2)25-17-12-11-16-22(25)21-14-9-8-10-15-21/h8-10,14-15,19-20,22,25H,5-7,11-13,16-18H2,1-4H3/t22-,25+/m0/s1. The van der Waals surface area contributed by atoms with Gasteiger partial charge in [0.25, 0.3) is 11.8 Å². The Morgan fingerprint density at radius 1 is 1.08 bits per heavy atom. The molecule has 0 saturated heterocycles. The fourth-order valence-electron chi connectivity index (χ4n) is 6.02. The lowest BCUT2D eigenvalue weighted by Crippen LogP contribution is -2.53. The van der Waals surface area contributed by atoms with Crippen molar-refractivity contribution in [1.29, 1.82) is 0 Å². The van der Waals surface area contributed by atoms with Crippen LogP contribution in [0.4, 0.5) is 18.9 Å². The van der Waals surface area contributed by atoms with Crippen LogP contribution in [-0.2, 0) is 11.0 Å². The molecule has 4 rings (SSSR count). The number of ether oxygens (including phenoxy) is 1. The van der Waals surface area contributed by atoms with Crippen LogP contribution in [0.1, 0.15) is 100 Å². The molecule has 1 aliphatic carbocycles. The highest BCUT2D eigenvalue weighted by atomic mass is 19.4. The highest BCUT2D eigenvalue weighted by Crippen LogP contribution is 2.45. The second kappa shape index (κ2) is 11.6. The molecular formula is C31H39F3N2O3. The molecule has 0 bridgehead atoms. The molecule has 2 amide bonds. The van der Waals surface area contributed by atoms with Gasteiger partial charge >= 0.3 is 6.18 Å². The number of hydrogen-bond donors (Lipinski definition) is 0. The van der Waals surface area contributed by atoms with Crippen molar-refractivity contribution >= 4 is 17.5 Å². The molecule has 0 spiro atoms. The monoisotopic (exact) mass is 544 g/mol. The van der Waals surface area contributed by atoms with Crippen molar-refractivity contribution in [3.8, 4) is 5.75 Å². The number of alkyl halides is 3. The zero-order valence-electron chi connectivity index (χ0n) is 23.3. The first-order valence-electron chi connectivity index (χ1n) is 14.1. The third kappa shape index (κ3) is 5.94. The summed E-state index contributed by atoms with van der Waals surface area (Å²) in [5, 5.41) is 0. The van der Waals surface area contributed by atoms with Crippen molar-refractivity contribution in [3.63, 3.8) is 0 Å². The van der Waals surface area contributed by atoms with Crippen molar-refractivity contribution < 1.29 is 27.5 Å². The lowest BCUT2D eigenvalue weighted by Gasteiger charge is -2.41. The number of hydrogen-bond acceptors (Lipinski definition) is 3. The maximum absolute atomic E-state index is 14.4. The summed E-state index contributed by atoms with van der Waals surface area (Å²) >= 11 is 0. The number of carbonyl (C=O) groups is 2. The number of fused-ring (bicyclic) bond motifs is 1. The Bertz CT molecular complexity index is 1180. The smallest absolute Gasteiger partial charge is 0.417 e. The maximum Gasteiger partial charge on any atom is 0.417 e. The number of amides is 2. The Balaban J connectivity index is 1.79. The fraction of sp³-hybridized carbons (Fsp3) is 0.548. The van der Waals surface area contributed by atoms with E-state index in [0.29, 0.717) is 13.0 Å². The highest BCUT2D eigenvalue weighted by Gasteiger charge is 2.45. The summed E-state index contributed by atoms with van der Waals surface area (Å²) in [6, 6.07) is 11.8. The molecule has 5 nitrogen and oxygen atoms in total.